The predicted molar refractivity (Wildman–Crippen MR) is 293 cm³/mol. The molecule has 24 nitrogen and oxygen atoms in total. The fourth-order valence-corrected chi connectivity index (χ4v) is 11.4. The van der Waals surface area contributed by atoms with Crippen molar-refractivity contribution in [3.05, 3.63) is 88.3 Å². The maximum atomic E-state index is 13.6. The van der Waals surface area contributed by atoms with Gasteiger partial charge in [-0.15, -0.1) is 17.9 Å². The van der Waals surface area contributed by atoms with Gasteiger partial charge in [-0.25, -0.2) is 22.5 Å². The first-order valence-corrected chi connectivity index (χ1v) is 30.9. The van der Waals surface area contributed by atoms with E-state index in [4.69, 9.17) is 79.0 Å². The van der Waals surface area contributed by atoms with Crippen molar-refractivity contribution in [1.29, 1.82) is 0 Å². The van der Waals surface area contributed by atoms with Crippen molar-refractivity contribution >= 4 is 49.4 Å². The average Bonchev–Trinajstić information content (AvgIpc) is 2.98. The Hall–Kier alpha value is -4.98. The summed E-state index contributed by atoms with van der Waals surface area (Å²) >= 11 is 6.61. The number of fused-ring (bicyclic) bond motifs is 2. The topological polar surface area (TPSA) is 282 Å². The maximum Gasteiger partial charge on any atom is 0.335 e. The zero-order valence-corrected chi connectivity index (χ0v) is 48.4. The quantitative estimate of drug-likeness (QED) is 0.00942. The lowest BCUT2D eigenvalue weighted by molar-refractivity contribution is -0.136. The third-order valence-corrected chi connectivity index (χ3v) is 15.8. The number of anilines is 1. The van der Waals surface area contributed by atoms with Crippen molar-refractivity contribution in [2.24, 2.45) is 0 Å². The number of benzene rings is 2. The number of carbonyl (C=O) groups excluding carboxylic acids is 1. The molecule has 2 aliphatic rings. The van der Waals surface area contributed by atoms with Gasteiger partial charge < -0.3 is 66.9 Å². The Labute approximate surface area is 478 Å². The molecular weight excluding hydrogens is 1150 g/mol. The van der Waals surface area contributed by atoms with Gasteiger partial charge in [0.25, 0.3) is 0 Å². The van der Waals surface area contributed by atoms with Gasteiger partial charge in [-0.3, -0.25) is 13.9 Å². The number of hydrogen-bond donors (Lipinski definition) is 3. The maximum absolute atomic E-state index is 13.6. The minimum atomic E-state index is -4.30. The smallest absolute Gasteiger partial charge is 0.335 e. The fraction of sp³-hybridized carbons (Fsp3) is 0.577. The van der Waals surface area contributed by atoms with Gasteiger partial charge in [0.1, 0.15) is 23.2 Å². The normalized spacial score (nSPS) is 16.5. The molecule has 4 unspecified atom stereocenters. The van der Waals surface area contributed by atoms with E-state index in [1.165, 1.54) is 11.1 Å². The van der Waals surface area contributed by atoms with E-state index in [9.17, 15) is 27.1 Å². The zero-order valence-electron chi connectivity index (χ0n) is 45.8. The fourth-order valence-electron chi connectivity index (χ4n) is 8.47. The number of halogens is 4. The van der Waals surface area contributed by atoms with E-state index in [1.54, 1.807) is 10.9 Å². The van der Waals surface area contributed by atoms with Crippen LogP contribution in [0.4, 0.5) is 19.0 Å². The Morgan fingerprint density at radius 1 is 0.805 bits per heavy atom. The van der Waals surface area contributed by atoms with Gasteiger partial charge >= 0.3 is 13.6 Å². The van der Waals surface area contributed by atoms with Crippen molar-refractivity contribution in [2.75, 3.05) is 123 Å². The molecule has 82 heavy (non-hydrogen) atoms. The van der Waals surface area contributed by atoms with Gasteiger partial charge in [-0.1, -0.05) is 36.4 Å². The Balaban J connectivity index is 0.00000102. The van der Waals surface area contributed by atoms with E-state index in [0.717, 1.165) is 50.0 Å². The molecule has 0 spiro atoms. The van der Waals surface area contributed by atoms with E-state index >= 15 is 0 Å². The number of esters is 1. The van der Waals surface area contributed by atoms with Crippen LogP contribution in [-0.2, 0) is 76.1 Å². The van der Waals surface area contributed by atoms with Crippen LogP contribution in [-0.4, -0.2) is 180 Å². The molecule has 0 amide bonds. The molecule has 0 bridgehead atoms. The molecular formula is C52H72ClF3N8O16P2. The Morgan fingerprint density at radius 2 is 1.39 bits per heavy atom. The monoisotopic (exact) mass is 1220 g/mol. The Bertz CT molecular complexity index is 2790. The molecule has 7 rings (SSSR count). The third kappa shape index (κ3) is 23.9. The first kappa shape index (κ1) is 67.8. The van der Waals surface area contributed by atoms with E-state index in [0.29, 0.717) is 122 Å². The summed E-state index contributed by atoms with van der Waals surface area (Å²) in [6, 6.07) is 9.51. The summed E-state index contributed by atoms with van der Waals surface area (Å²) in [6.07, 6.45) is 16.2. The number of nitrogens with zero attached hydrogens (tertiary/aromatic N) is 8. The van der Waals surface area contributed by atoms with Crippen LogP contribution in [0.3, 0.4) is 0 Å². The number of ether oxygens (including phenoxy) is 10. The second kappa shape index (κ2) is 36.0. The Morgan fingerprint density at radius 3 is 1.98 bits per heavy atom. The molecule has 1 fully saturated rings. The highest BCUT2D eigenvalue weighted by atomic mass is 35.5. The van der Waals surface area contributed by atoms with Crippen LogP contribution in [0.25, 0.3) is 11.0 Å². The summed E-state index contributed by atoms with van der Waals surface area (Å²) < 4.78 is 120. The van der Waals surface area contributed by atoms with Gasteiger partial charge in [0, 0.05) is 25.3 Å². The number of hydrogen-bond acceptors (Lipinski definition) is 19. The number of aromatic nitrogens is 7. The summed E-state index contributed by atoms with van der Waals surface area (Å²) in [6.45, 7) is 9.69. The molecule has 3 aromatic heterocycles. The Kier molecular flexibility index (Phi) is 29.8. The standard InChI is InChI=1S/C48H62ClF3N8O11.C2H8O5P2.C2H2/c1-2-37-8-10-43(70-37)60-47-39(31-53-60)46(54-48(49)55-47)59(42-9-7-34-5-3-4-6-38(34)42)13-16-64-19-22-67-25-26-68-27-28-69-33-36-32-58(57-56-36)12-15-63-18-21-66-24-23-65-20-17-62-14-11-44(61)71-45-40(51)29-35(50)30-41(45)52;1-8(3,4)2-9(5,6)7;1-2/h3-6,29-32,37,42-43H,2,7-28,33H2,1H3;2H2,1H3,(H,3,4)(H2,5,6,7);1-2H. The number of aryl methyl sites for hydroxylation is 1. The predicted octanol–water partition coefficient (Wildman–Crippen LogP) is 6.67. The van der Waals surface area contributed by atoms with Crippen molar-refractivity contribution in [1.82, 2.24) is 34.7 Å². The van der Waals surface area contributed by atoms with Gasteiger partial charge in [0.15, 0.2) is 23.5 Å². The van der Waals surface area contributed by atoms with Crippen LogP contribution >= 0.6 is 26.6 Å². The van der Waals surface area contributed by atoms with Crippen LogP contribution < -0.4 is 9.64 Å². The summed E-state index contributed by atoms with van der Waals surface area (Å²) in [5, 5.41) is 14.0. The van der Waals surface area contributed by atoms with Crippen LogP contribution in [0.5, 0.6) is 5.75 Å². The molecule has 1 saturated heterocycles. The largest absolute Gasteiger partial charge is 0.420 e. The van der Waals surface area contributed by atoms with E-state index in [1.807, 2.05) is 10.9 Å². The number of carbonyl (C=O) groups is 1. The highest BCUT2D eigenvalue weighted by Gasteiger charge is 2.33. The van der Waals surface area contributed by atoms with Gasteiger partial charge in [0.05, 0.1) is 149 Å². The van der Waals surface area contributed by atoms with Crippen LogP contribution in [0.2, 0.25) is 5.28 Å². The lowest BCUT2D eigenvalue weighted by atomic mass is 10.1. The molecule has 454 valence electrons. The molecule has 3 N–H and O–H groups in total. The molecule has 4 heterocycles. The van der Waals surface area contributed by atoms with E-state index < -0.39 is 50.0 Å². The van der Waals surface area contributed by atoms with Crippen molar-refractivity contribution in [3.63, 3.8) is 0 Å². The average molecular weight is 1220 g/mol. The lowest BCUT2D eigenvalue weighted by Crippen LogP contribution is -2.32. The minimum absolute atomic E-state index is 0.0463. The SMILES string of the molecule is C#C.CCC1CCC(n2ncc3c(N(CCOCCOCCOCCOCc4cn(CCOCCOCCOCCOCCC(=O)Oc5c(F)cc(F)cc5F)nn4)C4CCc5ccccc54)nc(Cl)nc32)O1.CP(=O)(O)CP(=O)(O)O. The van der Waals surface area contributed by atoms with Gasteiger partial charge in [-0.2, -0.15) is 15.1 Å². The number of terminal acetylenes is 1. The highest BCUT2D eigenvalue weighted by Crippen LogP contribution is 2.52. The summed E-state index contributed by atoms with van der Waals surface area (Å²) in [7, 11) is -7.85. The molecule has 1 aliphatic heterocycles. The van der Waals surface area contributed by atoms with Crippen molar-refractivity contribution in [3.8, 4) is 18.6 Å². The molecule has 0 saturated carbocycles. The summed E-state index contributed by atoms with van der Waals surface area (Å²) in [4.78, 5) is 48.1. The minimum Gasteiger partial charge on any atom is -0.420 e. The zero-order chi connectivity index (χ0) is 59.3. The highest BCUT2D eigenvalue weighted by molar-refractivity contribution is 7.72. The van der Waals surface area contributed by atoms with Crippen LogP contribution in [0.1, 0.15) is 68.1 Å². The second-order valence-corrected chi connectivity index (χ2v) is 23.3. The van der Waals surface area contributed by atoms with Gasteiger partial charge in [0.2, 0.25) is 18.4 Å². The lowest BCUT2D eigenvalue weighted by Gasteiger charge is -2.31. The first-order chi connectivity index (χ1) is 39.5. The second-order valence-electron chi connectivity index (χ2n) is 18.4. The number of rotatable bonds is 36. The van der Waals surface area contributed by atoms with Crippen LogP contribution in [0.15, 0.2) is 48.8 Å². The van der Waals surface area contributed by atoms with Crippen molar-refractivity contribution < 1.29 is 89.1 Å². The summed E-state index contributed by atoms with van der Waals surface area (Å²) in [5.74, 6) is -5.78. The molecule has 5 aromatic rings. The van der Waals surface area contributed by atoms with Crippen LogP contribution in [0, 0.1) is 30.3 Å². The molecule has 2 aromatic carbocycles. The molecule has 30 heteroatoms. The van der Waals surface area contributed by atoms with E-state index in [-0.39, 0.29) is 49.9 Å². The third-order valence-electron chi connectivity index (χ3n) is 12.1. The molecule has 0 radical (unpaired) electrons. The first-order valence-electron chi connectivity index (χ1n) is 26.4. The van der Waals surface area contributed by atoms with E-state index in [2.05, 4.69) is 69.0 Å². The van der Waals surface area contributed by atoms with Gasteiger partial charge in [-0.05, 0) is 54.8 Å². The molecule has 4 atom stereocenters. The molecule has 1 aliphatic carbocycles. The van der Waals surface area contributed by atoms with Crippen molar-refractivity contribution in [2.45, 2.75) is 77.0 Å². The summed E-state index contributed by atoms with van der Waals surface area (Å²) in [5.41, 5.74) is 3.99.